The van der Waals surface area contributed by atoms with Gasteiger partial charge in [-0.3, -0.25) is 4.79 Å². The summed E-state index contributed by atoms with van der Waals surface area (Å²) in [6.07, 6.45) is 2.01. The molecule has 128 valence electrons. The summed E-state index contributed by atoms with van der Waals surface area (Å²) in [5, 5.41) is 3.97. The molecule has 0 aliphatic carbocycles. The highest BCUT2D eigenvalue weighted by Crippen LogP contribution is 2.27. The van der Waals surface area contributed by atoms with Crippen molar-refractivity contribution in [2.24, 2.45) is 5.73 Å². The molecule has 1 amide bonds. The van der Waals surface area contributed by atoms with Crippen molar-refractivity contribution in [3.8, 4) is 11.3 Å². The van der Waals surface area contributed by atoms with E-state index in [9.17, 15) is 4.79 Å². The van der Waals surface area contributed by atoms with Gasteiger partial charge in [0.05, 0.1) is 10.7 Å². The first-order valence-electron chi connectivity index (χ1n) is 7.19. The number of halogens is 2. The number of aromatic nitrogens is 1. The van der Waals surface area contributed by atoms with E-state index in [4.69, 9.17) is 5.73 Å². The van der Waals surface area contributed by atoms with E-state index < -0.39 is 0 Å². The number of carbonyl (C=O) groups excluding carboxylic acids is 1. The van der Waals surface area contributed by atoms with Gasteiger partial charge in [0, 0.05) is 29.8 Å². The molecule has 1 aromatic carbocycles. The Balaban J connectivity index is 0.00000242. The van der Waals surface area contributed by atoms with Crippen molar-refractivity contribution in [1.82, 2.24) is 10.3 Å². The van der Waals surface area contributed by atoms with Crippen molar-refractivity contribution in [1.29, 1.82) is 0 Å². The third-order valence-electron chi connectivity index (χ3n) is 3.16. The molecule has 0 unspecified atom stereocenters. The summed E-state index contributed by atoms with van der Waals surface area (Å²) in [4.78, 5) is 17.4. The Morgan fingerprint density at radius 3 is 2.61 bits per heavy atom. The normalized spacial score (nSPS) is 9.65. The lowest BCUT2D eigenvalue weighted by Crippen LogP contribution is -2.25. The Labute approximate surface area is 153 Å². The monoisotopic (exact) mass is 375 g/mol. The van der Waals surface area contributed by atoms with Gasteiger partial charge in [0.25, 0.3) is 0 Å². The molecule has 0 atom stereocenters. The van der Waals surface area contributed by atoms with Gasteiger partial charge < -0.3 is 11.1 Å². The Kier molecular flexibility index (Phi) is 10.8. The van der Waals surface area contributed by atoms with E-state index in [-0.39, 0.29) is 30.7 Å². The van der Waals surface area contributed by atoms with Crippen molar-refractivity contribution in [3.63, 3.8) is 0 Å². The largest absolute Gasteiger partial charge is 0.356 e. The van der Waals surface area contributed by atoms with E-state index in [1.54, 1.807) is 11.3 Å². The van der Waals surface area contributed by atoms with Crippen LogP contribution in [0.15, 0.2) is 30.3 Å². The zero-order chi connectivity index (χ0) is 15.1. The zero-order valence-electron chi connectivity index (χ0n) is 13.1. The molecule has 23 heavy (non-hydrogen) atoms. The fourth-order valence-corrected chi connectivity index (χ4v) is 3.04. The molecule has 7 heteroatoms. The number of hydrogen-bond donors (Lipinski definition) is 2. The van der Waals surface area contributed by atoms with Gasteiger partial charge in [-0.1, -0.05) is 30.3 Å². The molecule has 0 aliphatic heterocycles. The third-order valence-corrected chi connectivity index (χ3v) is 4.19. The molecule has 0 radical (unpaired) electrons. The first-order valence-corrected chi connectivity index (χ1v) is 8.01. The number of nitrogens with one attached hydrogen (secondary N) is 1. The summed E-state index contributed by atoms with van der Waals surface area (Å²) < 4.78 is 0. The lowest BCUT2D eigenvalue weighted by atomic mass is 10.1. The maximum absolute atomic E-state index is 11.5. The number of amides is 1. The first kappa shape index (κ1) is 21.9. The predicted molar refractivity (Wildman–Crippen MR) is 102 cm³/mol. The van der Waals surface area contributed by atoms with Gasteiger partial charge in [-0.05, 0) is 19.9 Å². The van der Waals surface area contributed by atoms with E-state index in [2.05, 4.69) is 29.4 Å². The molecule has 2 rings (SSSR count). The summed E-state index contributed by atoms with van der Waals surface area (Å²) >= 11 is 1.70. The molecular weight excluding hydrogens is 353 g/mol. The molecular formula is C16H23Cl2N3OS. The Bertz CT molecular complexity index is 590. The Morgan fingerprint density at radius 2 is 1.96 bits per heavy atom. The third kappa shape index (κ3) is 6.87. The summed E-state index contributed by atoms with van der Waals surface area (Å²) in [7, 11) is 0. The molecule has 1 aromatic heterocycles. The van der Waals surface area contributed by atoms with Crippen LogP contribution in [0, 0.1) is 6.92 Å². The van der Waals surface area contributed by atoms with E-state index in [0.29, 0.717) is 19.5 Å². The van der Waals surface area contributed by atoms with Crippen molar-refractivity contribution >= 4 is 42.1 Å². The number of nitrogens with two attached hydrogens (primary N) is 1. The fourth-order valence-electron chi connectivity index (χ4n) is 2.08. The molecule has 0 bridgehead atoms. The van der Waals surface area contributed by atoms with Crippen LogP contribution in [0.2, 0.25) is 0 Å². The highest BCUT2D eigenvalue weighted by Gasteiger charge is 2.09. The minimum Gasteiger partial charge on any atom is -0.356 e. The highest BCUT2D eigenvalue weighted by molar-refractivity contribution is 7.12. The SMILES string of the molecule is Cc1sc(CCNC(=O)CCCN)nc1-c1ccccc1.Cl.Cl. The number of aryl methyl sites for hydroxylation is 1. The van der Waals surface area contributed by atoms with Crippen LogP contribution >= 0.6 is 36.2 Å². The molecule has 4 nitrogen and oxygen atoms in total. The molecule has 0 spiro atoms. The summed E-state index contributed by atoms with van der Waals surface area (Å²) in [5.41, 5.74) is 7.57. The fraction of sp³-hybridized carbons (Fsp3) is 0.375. The van der Waals surface area contributed by atoms with Gasteiger partial charge >= 0.3 is 0 Å². The van der Waals surface area contributed by atoms with Crippen LogP contribution in [0.1, 0.15) is 22.7 Å². The van der Waals surface area contributed by atoms with Crippen LogP contribution in [0.4, 0.5) is 0 Å². The van der Waals surface area contributed by atoms with Crippen molar-refractivity contribution in [2.45, 2.75) is 26.2 Å². The number of benzene rings is 1. The zero-order valence-corrected chi connectivity index (χ0v) is 15.5. The Morgan fingerprint density at radius 1 is 1.26 bits per heavy atom. The number of thiazole rings is 1. The molecule has 1 heterocycles. The summed E-state index contributed by atoms with van der Waals surface area (Å²) in [5.74, 6) is 0.0667. The number of nitrogens with zero attached hydrogens (tertiary/aromatic N) is 1. The maximum atomic E-state index is 11.5. The molecule has 0 saturated heterocycles. The standard InChI is InChI=1S/C16H21N3OS.2ClH/c1-12-16(13-6-3-2-4-7-13)19-15(21-12)9-11-18-14(20)8-5-10-17;;/h2-4,6-7H,5,8-11,17H2,1H3,(H,18,20);2*1H. The second-order valence-electron chi connectivity index (χ2n) is 4.87. The number of carbonyl (C=O) groups is 1. The van der Waals surface area contributed by atoms with E-state index in [0.717, 1.165) is 29.1 Å². The summed E-state index contributed by atoms with van der Waals surface area (Å²) in [6.45, 7) is 3.27. The smallest absolute Gasteiger partial charge is 0.220 e. The van der Waals surface area contributed by atoms with Gasteiger partial charge in [0.15, 0.2) is 0 Å². The predicted octanol–water partition coefficient (Wildman–Crippen LogP) is 3.36. The van der Waals surface area contributed by atoms with Gasteiger partial charge in [0.1, 0.15) is 0 Å². The van der Waals surface area contributed by atoms with Crippen molar-refractivity contribution < 1.29 is 4.79 Å². The minimum atomic E-state index is 0. The second kappa shape index (κ2) is 11.4. The average molecular weight is 376 g/mol. The van der Waals surface area contributed by atoms with Crippen molar-refractivity contribution in [2.75, 3.05) is 13.1 Å². The second-order valence-corrected chi connectivity index (χ2v) is 6.16. The quantitative estimate of drug-likeness (QED) is 0.779. The van der Waals surface area contributed by atoms with Gasteiger partial charge in [0.2, 0.25) is 5.91 Å². The van der Waals surface area contributed by atoms with Crippen LogP contribution in [-0.4, -0.2) is 24.0 Å². The lowest BCUT2D eigenvalue weighted by Gasteiger charge is -2.02. The summed E-state index contributed by atoms with van der Waals surface area (Å²) in [6, 6.07) is 10.2. The van der Waals surface area contributed by atoms with Crippen LogP contribution in [0.3, 0.4) is 0 Å². The van der Waals surface area contributed by atoms with E-state index in [1.165, 1.54) is 4.88 Å². The van der Waals surface area contributed by atoms with Crippen LogP contribution in [0.5, 0.6) is 0 Å². The maximum Gasteiger partial charge on any atom is 0.220 e. The van der Waals surface area contributed by atoms with Crippen molar-refractivity contribution in [3.05, 3.63) is 40.2 Å². The molecule has 0 aliphatic rings. The number of hydrogen-bond acceptors (Lipinski definition) is 4. The molecule has 3 N–H and O–H groups in total. The molecule has 0 fully saturated rings. The molecule has 2 aromatic rings. The topological polar surface area (TPSA) is 68.0 Å². The minimum absolute atomic E-state index is 0. The van der Waals surface area contributed by atoms with Crippen LogP contribution < -0.4 is 11.1 Å². The van der Waals surface area contributed by atoms with Gasteiger partial charge in [-0.15, -0.1) is 36.2 Å². The lowest BCUT2D eigenvalue weighted by molar-refractivity contribution is -0.121. The van der Waals surface area contributed by atoms with Gasteiger partial charge in [-0.25, -0.2) is 4.98 Å². The van der Waals surface area contributed by atoms with Crippen LogP contribution in [-0.2, 0) is 11.2 Å². The number of rotatable bonds is 7. The highest BCUT2D eigenvalue weighted by atomic mass is 35.5. The van der Waals surface area contributed by atoms with Gasteiger partial charge in [-0.2, -0.15) is 0 Å². The Hall–Kier alpha value is -1.14. The first-order chi connectivity index (χ1) is 10.2. The van der Waals surface area contributed by atoms with E-state index in [1.807, 2.05) is 18.2 Å². The molecule has 0 saturated carbocycles. The van der Waals surface area contributed by atoms with Crippen LogP contribution in [0.25, 0.3) is 11.3 Å². The van der Waals surface area contributed by atoms with E-state index >= 15 is 0 Å². The average Bonchev–Trinajstić information content (AvgIpc) is 2.87.